The van der Waals surface area contributed by atoms with Crippen LogP contribution < -0.4 is 0 Å². The minimum absolute atomic E-state index is 0.190. The monoisotopic (exact) mass is 652 g/mol. The van der Waals surface area contributed by atoms with E-state index in [2.05, 4.69) is 11.4 Å². The van der Waals surface area contributed by atoms with Crippen molar-refractivity contribution in [1.29, 1.82) is 0 Å². The number of aliphatic hydroxyl groups excluding tert-OH is 2. The molecule has 10 nitrogen and oxygen atoms in total. The molecule has 0 aliphatic carbocycles. The number of aliphatic hydroxyl groups is 2. The molecule has 0 aromatic carbocycles. The molecule has 11 heteroatoms. The van der Waals surface area contributed by atoms with E-state index in [0.29, 0.717) is 12.8 Å². The van der Waals surface area contributed by atoms with Crippen molar-refractivity contribution in [2.24, 2.45) is 0 Å². The van der Waals surface area contributed by atoms with Crippen LogP contribution in [0.3, 0.4) is 0 Å². The third-order valence-electron chi connectivity index (χ3n) is 7.51. The number of rotatable bonds is 33. The Balaban J connectivity index is 4.00. The van der Waals surface area contributed by atoms with E-state index < -0.39 is 51.8 Å². The summed E-state index contributed by atoms with van der Waals surface area (Å²) in [6, 6.07) is 0. The SMILES string of the molecule is CCCCCCCCCCCCCCCCCCCCCC(=O)OC(COC(=O)CCCC)COP(=O)(O)OCC(O)CO. The zero-order chi connectivity index (χ0) is 32.7. The van der Waals surface area contributed by atoms with Gasteiger partial charge >= 0.3 is 19.8 Å². The smallest absolute Gasteiger partial charge is 0.462 e. The molecule has 0 aromatic heterocycles. The van der Waals surface area contributed by atoms with Gasteiger partial charge in [-0.25, -0.2) is 4.57 Å². The van der Waals surface area contributed by atoms with Crippen molar-refractivity contribution >= 4 is 19.8 Å². The fourth-order valence-corrected chi connectivity index (χ4v) is 5.53. The quantitative estimate of drug-likeness (QED) is 0.0362. The second kappa shape index (κ2) is 30.6. The van der Waals surface area contributed by atoms with Gasteiger partial charge in [0.2, 0.25) is 0 Å². The molecule has 0 aliphatic heterocycles. The lowest BCUT2D eigenvalue weighted by Crippen LogP contribution is -2.29. The van der Waals surface area contributed by atoms with E-state index in [0.717, 1.165) is 25.7 Å². The van der Waals surface area contributed by atoms with E-state index in [-0.39, 0.29) is 19.4 Å². The predicted octanol–water partition coefficient (Wildman–Crippen LogP) is 7.94. The fraction of sp³-hybridized carbons (Fsp3) is 0.939. The standard InChI is InChI=1S/C33H65O10P/c1-3-5-7-8-9-10-11-12-13-14-15-16-17-18-19-20-21-22-23-25-33(37)43-31(28-40-32(36)24-6-4-2)29-42-44(38,39)41-27-30(35)26-34/h30-31,34-35H,3-29H2,1-2H3,(H,38,39). The molecule has 0 saturated heterocycles. The molecule has 3 atom stereocenters. The highest BCUT2D eigenvalue weighted by Crippen LogP contribution is 2.43. The molecular formula is C33H65O10P. The van der Waals surface area contributed by atoms with Gasteiger partial charge in [0.25, 0.3) is 0 Å². The number of hydrogen-bond donors (Lipinski definition) is 3. The largest absolute Gasteiger partial charge is 0.472 e. The van der Waals surface area contributed by atoms with Crippen molar-refractivity contribution in [3.8, 4) is 0 Å². The van der Waals surface area contributed by atoms with Crippen LogP contribution in [0, 0.1) is 0 Å². The van der Waals surface area contributed by atoms with E-state index in [1.54, 1.807) is 0 Å². The van der Waals surface area contributed by atoms with E-state index in [1.807, 2.05) is 6.92 Å². The zero-order valence-corrected chi connectivity index (χ0v) is 28.8. The van der Waals surface area contributed by atoms with Gasteiger partial charge in [-0.2, -0.15) is 0 Å². The van der Waals surface area contributed by atoms with Crippen molar-refractivity contribution in [3.05, 3.63) is 0 Å². The molecule has 0 rings (SSSR count). The number of phosphoric acid groups is 1. The van der Waals surface area contributed by atoms with Crippen LogP contribution in [0.2, 0.25) is 0 Å². The van der Waals surface area contributed by atoms with Crippen LogP contribution in [0.1, 0.15) is 162 Å². The van der Waals surface area contributed by atoms with Gasteiger partial charge in [-0.3, -0.25) is 18.6 Å². The summed E-state index contributed by atoms with van der Waals surface area (Å²) in [5.74, 6) is -0.958. The van der Waals surface area contributed by atoms with Crippen LogP contribution >= 0.6 is 7.82 Å². The van der Waals surface area contributed by atoms with Gasteiger partial charge in [0.15, 0.2) is 6.10 Å². The van der Waals surface area contributed by atoms with Crippen molar-refractivity contribution < 1.29 is 47.8 Å². The molecular weight excluding hydrogens is 587 g/mol. The first kappa shape index (κ1) is 43.0. The summed E-state index contributed by atoms with van der Waals surface area (Å²) >= 11 is 0. The predicted molar refractivity (Wildman–Crippen MR) is 173 cm³/mol. The van der Waals surface area contributed by atoms with Gasteiger partial charge in [0.1, 0.15) is 12.7 Å². The number of phosphoric ester groups is 1. The molecule has 0 saturated carbocycles. The van der Waals surface area contributed by atoms with Gasteiger partial charge < -0.3 is 24.6 Å². The second-order valence-corrected chi connectivity index (χ2v) is 13.4. The van der Waals surface area contributed by atoms with Gasteiger partial charge in [-0.1, -0.05) is 136 Å². The Labute approximate surface area is 267 Å². The number of unbranched alkanes of at least 4 members (excludes halogenated alkanes) is 19. The normalized spacial score (nSPS) is 14.2. The maximum absolute atomic E-state index is 12.4. The molecule has 0 aromatic rings. The topological polar surface area (TPSA) is 149 Å². The van der Waals surface area contributed by atoms with Gasteiger partial charge in [-0.05, 0) is 12.8 Å². The lowest BCUT2D eigenvalue weighted by atomic mass is 10.0. The van der Waals surface area contributed by atoms with E-state index in [4.69, 9.17) is 19.1 Å². The number of ether oxygens (including phenoxy) is 2. The van der Waals surface area contributed by atoms with Crippen molar-refractivity contribution in [1.82, 2.24) is 0 Å². The van der Waals surface area contributed by atoms with Crippen LogP contribution in [-0.2, 0) is 32.7 Å². The van der Waals surface area contributed by atoms with Crippen molar-refractivity contribution in [2.75, 3.05) is 26.4 Å². The van der Waals surface area contributed by atoms with Crippen LogP contribution in [0.15, 0.2) is 0 Å². The Morgan fingerprint density at radius 3 is 1.45 bits per heavy atom. The summed E-state index contributed by atoms with van der Waals surface area (Å²) < 4.78 is 32.0. The van der Waals surface area contributed by atoms with E-state index in [1.165, 1.54) is 96.3 Å². The summed E-state index contributed by atoms with van der Waals surface area (Å²) in [5.41, 5.74) is 0. The molecule has 3 unspecified atom stereocenters. The average molecular weight is 653 g/mol. The first-order valence-corrected chi connectivity index (χ1v) is 19.0. The number of esters is 2. The highest BCUT2D eigenvalue weighted by atomic mass is 31.2. The second-order valence-electron chi connectivity index (χ2n) is 11.9. The lowest BCUT2D eigenvalue weighted by molar-refractivity contribution is -0.161. The molecule has 0 spiro atoms. The minimum atomic E-state index is -4.58. The number of carbonyl (C=O) groups is 2. The average Bonchev–Trinajstić information content (AvgIpc) is 3.01. The molecule has 0 aliphatic rings. The molecule has 0 fully saturated rings. The third kappa shape index (κ3) is 29.7. The summed E-state index contributed by atoms with van der Waals surface area (Å²) in [4.78, 5) is 34.1. The molecule has 0 amide bonds. The Kier molecular flexibility index (Phi) is 29.9. The van der Waals surface area contributed by atoms with Gasteiger partial charge in [0, 0.05) is 12.8 Å². The molecule has 0 bridgehead atoms. The Hall–Kier alpha value is -1.03. The zero-order valence-electron chi connectivity index (χ0n) is 27.9. The van der Waals surface area contributed by atoms with E-state index >= 15 is 0 Å². The summed E-state index contributed by atoms with van der Waals surface area (Å²) in [7, 11) is -4.58. The summed E-state index contributed by atoms with van der Waals surface area (Å²) in [6.07, 6.45) is 23.5. The molecule has 0 heterocycles. The molecule has 0 radical (unpaired) electrons. The van der Waals surface area contributed by atoms with Crippen LogP contribution in [0.5, 0.6) is 0 Å². The van der Waals surface area contributed by atoms with Crippen LogP contribution in [0.25, 0.3) is 0 Å². The Bertz CT molecular complexity index is 721. The fourth-order valence-electron chi connectivity index (χ4n) is 4.74. The maximum Gasteiger partial charge on any atom is 0.472 e. The maximum atomic E-state index is 12.4. The van der Waals surface area contributed by atoms with Gasteiger partial charge in [0.05, 0.1) is 19.8 Å². The Morgan fingerprint density at radius 1 is 0.591 bits per heavy atom. The molecule has 262 valence electrons. The summed E-state index contributed by atoms with van der Waals surface area (Å²) in [6.45, 7) is 2.11. The first-order chi connectivity index (χ1) is 21.2. The van der Waals surface area contributed by atoms with Gasteiger partial charge in [-0.15, -0.1) is 0 Å². The molecule has 44 heavy (non-hydrogen) atoms. The minimum Gasteiger partial charge on any atom is -0.462 e. The van der Waals surface area contributed by atoms with Crippen molar-refractivity contribution in [2.45, 2.75) is 174 Å². The van der Waals surface area contributed by atoms with E-state index in [9.17, 15) is 24.2 Å². The number of hydrogen-bond acceptors (Lipinski definition) is 9. The highest BCUT2D eigenvalue weighted by Gasteiger charge is 2.27. The first-order valence-electron chi connectivity index (χ1n) is 17.5. The molecule has 3 N–H and O–H groups in total. The lowest BCUT2D eigenvalue weighted by Gasteiger charge is -2.20. The Morgan fingerprint density at radius 2 is 1.00 bits per heavy atom. The summed E-state index contributed by atoms with van der Waals surface area (Å²) in [5, 5.41) is 18.1. The van der Waals surface area contributed by atoms with Crippen molar-refractivity contribution in [3.63, 3.8) is 0 Å². The van der Waals surface area contributed by atoms with Crippen LogP contribution in [0.4, 0.5) is 0 Å². The number of carbonyl (C=O) groups excluding carboxylic acids is 2. The van der Waals surface area contributed by atoms with Crippen LogP contribution in [-0.4, -0.2) is 65.7 Å². The highest BCUT2D eigenvalue weighted by molar-refractivity contribution is 7.47. The third-order valence-corrected chi connectivity index (χ3v) is 8.46.